The molecule has 128 valence electrons. The van der Waals surface area contributed by atoms with Crippen LogP contribution in [0, 0.1) is 0 Å². The van der Waals surface area contributed by atoms with E-state index in [2.05, 4.69) is 16.9 Å². The van der Waals surface area contributed by atoms with Crippen molar-refractivity contribution < 1.29 is 4.74 Å². The molecular formula is C21H23N3O. The Labute approximate surface area is 149 Å². The first-order valence-electron chi connectivity index (χ1n) is 8.84. The SMILES string of the molecule is CCCCCCOc1ccnc(-c2cccc(-c3ccccn3)n2)c1. The third-order valence-electron chi connectivity index (χ3n) is 3.94. The summed E-state index contributed by atoms with van der Waals surface area (Å²) in [5.74, 6) is 0.839. The summed E-state index contributed by atoms with van der Waals surface area (Å²) in [6.07, 6.45) is 8.33. The van der Waals surface area contributed by atoms with Gasteiger partial charge in [-0.25, -0.2) is 4.98 Å². The Kier molecular flexibility index (Phi) is 6.10. The fraction of sp³-hybridized carbons (Fsp3) is 0.286. The second-order valence-electron chi connectivity index (χ2n) is 5.91. The van der Waals surface area contributed by atoms with E-state index in [-0.39, 0.29) is 0 Å². The van der Waals surface area contributed by atoms with Crippen molar-refractivity contribution in [2.24, 2.45) is 0 Å². The van der Waals surface area contributed by atoms with Gasteiger partial charge in [0.25, 0.3) is 0 Å². The van der Waals surface area contributed by atoms with Crippen LogP contribution in [0.2, 0.25) is 0 Å². The maximum absolute atomic E-state index is 5.85. The first-order valence-corrected chi connectivity index (χ1v) is 8.84. The smallest absolute Gasteiger partial charge is 0.123 e. The number of nitrogens with zero attached hydrogens (tertiary/aromatic N) is 3. The van der Waals surface area contributed by atoms with Crippen LogP contribution in [0.15, 0.2) is 60.9 Å². The molecule has 25 heavy (non-hydrogen) atoms. The summed E-state index contributed by atoms with van der Waals surface area (Å²) in [6, 6.07) is 15.6. The van der Waals surface area contributed by atoms with Gasteiger partial charge in [0.1, 0.15) is 5.75 Å². The summed E-state index contributed by atoms with van der Waals surface area (Å²) in [7, 11) is 0. The van der Waals surface area contributed by atoms with Crippen LogP contribution in [0.1, 0.15) is 32.6 Å². The van der Waals surface area contributed by atoms with Gasteiger partial charge >= 0.3 is 0 Å². The fourth-order valence-electron chi connectivity index (χ4n) is 2.59. The Morgan fingerprint density at radius 1 is 0.760 bits per heavy atom. The lowest BCUT2D eigenvalue weighted by Gasteiger charge is -2.08. The molecule has 0 aromatic carbocycles. The standard InChI is InChI=1S/C21H23N3O/c1-2-3-4-7-15-25-17-12-14-23-21(16-17)20-11-8-10-19(24-20)18-9-5-6-13-22-18/h5-6,8-14,16H,2-4,7,15H2,1H3. The van der Waals surface area contributed by atoms with Gasteiger partial charge in [0.2, 0.25) is 0 Å². The fourth-order valence-corrected chi connectivity index (χ4v) is 2.59. The first kappa shape index (κ1) is 17.1. The highest BCUT2D eigenvalue weighted by Crippen LogP contribution is 2.23. The van der Waals surface area contributed by atoms with E-state index in [0.717, 1.165) is 41.6 Å². The lowest BCUT2D eigenvalue weighted by atomic mass is 10.2. The highest BCUT2D eigenvalue weighted by molar-refractivity contribution is 5.62. The van der Waals surface area contributed by atoms with E-state index in [4.69, 9.17) is 9.72 Å². The average Bonchev–Trinajstić information content (AvgIpc) is 2.69. The van der Waals surface area contributed by atoms with Crippen molar-refractivity contribution in [3.63, 3.8) is 0 Å². The van der Waals surface area contributed by atoms with Gasteiger partial charge < -0.3 is 4.74 Å². The van der Waals surface area contributed by atoms with Crippen molar-refractivity contribution in [3.8, 4) is 28.5 Å². The third kappa shape index (κ3) is 4.86. The highest BCUT2D eigenvalue weighted by Gasteiger charge is 2.06. The molecule has 3 aromatic rings. The zero-order valence-corrected chi connectivity index (χ0v) is 14.6. The van der Waals surface area contributed by atoms with Gasteiger partial charge in [0.15, 0.2) is 0 Å². The summed E-state index contributed by atoms with van der Waals surface area (Å²) in [5.41, 5.74) is 3.32. The van der Waals surface area contributed by atoms with Crippen LogP contribution in [-0.2, 0) is 0 Å². The minimum absolute atomic E-state index is 0.741. The van der Waals surface area contributed by atoms with Crippen LogP contribution < -0.4 is 4.74 Å². The molecule has 0 fully saturated rings. The Morgan fingerprint density at radius 3 is 2.36 bits per heavy atom. The molecule has 0 spiro atoms. The molecule has 0 N–H and O–H groups in total. The van der Waals surface area contributed by atoms with Gasteiger partial charge in [-0.15, -0.1) is 0 Å². The molecule has 4 heteroatoms. The second-order valence-corrected chi connectivity index (χ2v) is 5.91. The van der Waals surface area contributed by atoms with Gasteiger partial charge in [0.05, 0.1) is 29.4 Å². The van der Waals surface area contributed by atoms with Gasteiger partial charge in [-0.3, -0.25) is 9.97 Å². The average molecular weight is 333 g/mol. The molecule has 0 unspecified atom stereocenters. The first-order chi connectivity index (χ1) is 12.4. The minimum Gasteiger partial charge on any atom is -0.493 e. The van der Waals surface area contributed by atoms with E-state index in [9.17, 15) is 0 Å². The van der Waals surface area contributed by atoms with Crippen molar-refractivity contribution in [2.75, 3.05) is 6.61 Å². The molecule has 0 aliphatic heterocycles. The topological polar surface area (TPSA) is 47.9 Å². The maximum atomic E-state index is 5.85. The van der Waals surface area contributed by atoms with E-state index in [1.165, 1.54) is 19.3 Å². The monoisotopic (exact) mass is 333 g/mol. The maximum Gasteiger partial charge on any atom is 0.123 e. The lowest BCUT2D eigenvalue weighted by Crippen LogP contribution is -1.98. The van der Waals surface area contributed by atoms with Crippen LogP contribution in [0.3, 0.4) is 0 Å². The molecule has 0 saturated carbocycles. The summed E-state index contributed by atoms with van der Waals surface area (Å²) < 4.78 is 5.85. The van der Waals surface area contributed by atoms with E-state index in [0.29, 0.717) is 0 Å². The predicted molar refractivity (Wildman–Crippen MR) is 100 cm³/mol. The summed E-state index contributed by atoms with van der Waals surface area (Å²) in [5, 5.41) is 0. The number of hydrogen-bond acceptors (Lipinski definition) is 4. The Morgan fingerprint density at radius 2 is 1.56 bits per heavy atom. The predicted octanol–water partition coefficient (Wildman–Crippen LogP) is 5.16. The van der Waals surface area contributed by atoms with E-state index in [1.54, 1.807) is 12.4 Å². The number of hydrogen-bond donors (Lipinski definition) is 0. The molecule has 0 atom stereocenters. The molecule has 0 saturated heterocycles. The van der Waals surface area contributed by atoms with E-state index < -0.39 is 0 Å². The second kappa shape index (κ2) is 8.92. The number of aromatic nitrogens is 3. The van der Waals surface area contributed by atoms with Crippen LogP contribution in [0.5, 0.6) is 5.75 Å². The lowest BCUT2D eigenvalue weighted by molar-refractivity contribution is 0.305. The van der Waals surface area contributed by atoms with Gasteiger partial charge in [-0.2, -0.15) is 0 Å². The molecule has 0 amide bonds. The Balaban J connectivity index is 1.73. The summed E-state index contributed by atoms with van der Waals surface area (Å²) >= 11 is 0. The number of ether oxygens (including phenoxy) is 1. The van der Waals surface area contributed by atoms with Crippen molar-refractivity contribution in [1.29, 1.82) is 0 Å². The van der Waals surface area contributed by atoms with Crippen LogP contribution in [0.25, 0.3) is 22.8 Å². The molecular weight excluding hydrogens is 310 g/mol. The quantitative estimate of drug-likeness (QED) is 0.534. The van der Waals surface area contributed by atoms with Crippen LogP contribution >= 0.6 is 0 Å². The molecule has 4 nitrogen and oxygen atoms in total. The van der Waals surface area contributed by atoms with Crippen molar-refractivity contribution in [2.45, 2.75) is 32.6 Å². The Hall–Kier alpha value is -2.75. The molecule has 0 bridgehead atoms. The van der Waals surface area contributed by atoms with Crippen LogP contribution in [0.4, 0.5) is 0 Å². The van der Waals surface area contributed by atoms with Crippen molar-refractivity contribution in [3.05, 3.63) is 60.9 Å². The number of pyridine rings is 3. The molecule has 3 rings (SSSR count). The summed E-state index contributed by atoms with van der Waals surface area (Å²) in [6.45, 7) is 2.95. The zero-order valence-electron chi connectivity index (χ0n) is 14.6. The number of unbranched alkanes of at least 4 members (excludes halogenated alkanes) is 3. The van der Waals surface area contributed by atoms with Crippen LogP contribution in [-0.4, -0.2) is 21.6 Å². The Bertz CT molecular complexity index is 790. The van der Waals surface area contributed by atoms with Gasteiger partial charge in [-0.1, -0.05) is 38.3 Å². The molecule has 0 radical (unpaired) electrons. The molecule has 3 heterocycles. The summed E-state index contributed by atoms with van der Waals surface area (Å²) in [4.78, 5) is 13.5. The molecule has 0 aliphatic rings. The highest BCUT2D eigenvalue weighted by atomic mass is 16.5. The third-order valence-corrected chi connectivity index (χ3v) is 3.94. The minimum atomic E-state index is 0.741. The largest absolute Gasteiger partial charge is 0.493 e. The van der Waals surface area contributed by atoms with E-state index >= 15 is 0 Å². The normalized spacial score (nSPS) is 10.6. The number of rotatable bonds is 8. The van der Waals surface area contributed by atoms with Gasteiger partial charge in [-0.05, 0) is 36.8 Å². The molecule has 0 aliphatic carbocycles. The van der Waals surface area contributed by atoms with Gasteiger partial charge in [0, 0.05) is 18.5 Å². The van der Waals surface area contributed by atoms with Crippen molar-refractivity contribution in [1.82, 2.24) is 15.0 Å². The molecule has 3 aromatic heterocycles. The zero-order chi connectivity index (χ0) is 17.3. The van der Waals surface area contributed by atoms with E-state index in [1.807, 2.05) is 48.5 Å². The van der Waals surface area contributed by atoms with Crippen molar-refractivity contribution >= 4 is 0 Å².